The van der Waals surface area contributed by atoms with Crippen molar-refractivity contribution in [2.75, 3.05) is 12.8 Å². The van der Waals surface area contributed by atoms with E-state index in [9.17, 15) is 0 Å². The summed E-state index contributed by atoms with van der Waals surface area (Å²) in [6.45, 7) is 2.09. The molecule has 0 radical (unpaired) electrons. The summed E-state index contributed by atoms with van der Waals surface area (Å²) in [5.74, 6) is 1.74. The van der Waals surface area contributed by atoms with Crippen LogP contribution in [-0.2, 0) is 5.75 Å². The number of benzene rings is 2. The van der Waals surface area contributed by atoms with Crippen molar-refractivity contribution < 1.29 is 4.74 Å². The lowest BCUT2D eigenvalue weighted by Gasteiger charge is -2.09. The summed E-state index contributed by atoms with van der Waals surface area (Å²) in [5.41, 5.74) is 8.92. The minimum Gasteiger partial charge on any atom is -0.496 e. The number of thioether (sulfide) groups is 1. The van der Waals surface area contributed by atoms with E-state index in [0.29, 0.717) is 0 Å². The summed E-state index contributed by atoms with van der Waals surface area (Å²) < 4.78 is 5.34. The van der Waals surface area contributed by atoms with E-state index >= 15 is 0 Å². The van der Waals surface area contributed by atoms with Gasteiger partial charge in [0.25, 0.3) is 0 Å². The zero-order valence-corrected chi connectivity index (χ0v) is 11.5. The molecule has 2 N–H and O–H groups in total. The molecule has 0 heterocycles. The van der Waals surface area contributed by atoms with E-state index in [1.165, 1.54) is 10.5 Å². The van der Waals surface area contributed by atoms with Gasteiger partial charge in [0.15, 0.2) is 0 Å². The molecule has 0 saturated heterocycles. The average Bonchev–Trinajstić information content (AvgIpc) is 2.39. The van der Waals surface area contributed by atoms with Gasteiger partial charge in [-0.25, -0.2) is 0 Å². The minimum absolute atomic E-state index is 0.732. The topological polar surface area (TPSA) is 35.2 Å². The average molecular weight is 259 g/mol. The number of nitrogen functional groups attached to an aromatic ring is 1. The quantitative estimate of drug-likeness (QED) is 0.668. The number of methoxy groups -OCH3 is 1. The summed E-state index contributed by atoms with van der Waals surface area (Å²) in [5, 5.41) is 0. The number of aryl methyl sites for hydroxylation is 1. The number of rotatable bonds is 4. The molecule has 0 spiro atoms. The predicted molar refractivity (Wildman–Crippen MR) is 78.1 cm³/mol. The van der Waals surface area contributed by atoms with Crippen LogP contribution in [0, 0.1) is 6.92 Å². The first kappa shape index (κ1) is 12.8. The molecule has 2 rings (SSSR count). The summed E-state index contributed by atoms with van der Waals surface area (Å²) in [6, 6.07) is 14.3. The van der Waals surface area contributed by atoms with E-state index in [4.69, 9.17) is 10.5 Å². The van der Waals surface area contributed by atoms with Gasteiger partial charge in [-0.2, -0.15) is 0 Å². The SMILES string of the molecule is COc1cc(N)ccc1CSc1ccc(C)cc1. The molecule has 0 saturated carbocycles. The highest BCUT2D eigenvalue weighted by atomic mass is 32.2. The molecule has 3 heteroatoms. The molecule has 2 aromatic carbocycles. The lowest BCUT2D eigenvalue weighted by Crippen LogP contribution is -1.93. The first-order chi connectivity index (χ1) is 8.69. The van der Waals surface area contributed by atoms with Crippen molar-refractivity contribution in [3.05, 3.63) is 53.6 Å². The van der Waals surface area contributed by atoms with E-state index in [2.05, 4.69) is 31.2 Å². The molecular formula is C15H17NOS. The number of hydrogen-bond acceptors (Lipinski definition) is 3. The molecule has 2 aromatic rings. The van der Waals surface area contributed by atoms with E-state index in [1.807, 2.05) is 18.2 Å². The Kier molecular flexibility index (Phi) is 4.15. The van der Waals surface area contributed by atoms with E-state index < -0.39 is 0 Å². The van der Waals surface area contributed by atoms with Crippen LogP contribution in [0.1, 0.15) is 11.1 Å². The third-order valence-corrected chi connectivity index (χ3v) is 3.79. The normalized spacial score (nSPS) is 10.3. The van der Waals surface area contributed by atoms with Gasteiger partial charge in [-0.3, -0.25) is 0 Å². The van der Waals surface area contributed by atoms with Crippen molar-refractivity contribution >= 4 is 17.4 Å². The molecule has 0 atom stereocenters. The van der Waals surface area contributed by atoms with Gasteiger partial charge in [-0.1, -0.05) is 23.8 Å². The Hall–Kier alpha value is -1.61. The second-order valence-corrected chi connectivity index (χ2v) is 5.22. The van der Waals surface area contributed by atoms with Crippen molar-refractivity contribution in [1.82, 2.24) is 0 Å². The number of nitrogens with two attached hydrogens (primary N) is 1. The Morgan fingerprint density at radius 2 is 1.83 bits per heavy atom. The fourth-order valence-corrected chi connectivity index (χ4v) is 2.57. The lowest BCUT2D eigenvalue weighted by molar-refractivity contribution is 0.411. The maximum absolute atomic E-state index is 5.74. The molecule has 2 nitrogen and oxygen atoms in total. The molecule has 0 aromatic heterocycles. The van der Waals surface area contributed by atoms with E-state index in [1.54, 1.807) is 18.9 Å². The standard InChI is InChI=1S/C15H17NOS/c1-11-3-7-14(8-4-11)18-10-12-5-6-13(16)9-15(12)17-2/h3-9H,10,16H2,1-2H3. The van der Waals surface area contributed by atoms with Crippen LogP contribution in [0.2, 0.25) is 0 Å². The summed E-state index contributed by atoms with van der Waals surface area (Å²) in [7, 11) is 1.68. The van der Waals surface area contributed by atoms with Crippen molar-refractivity contribution in [2.24, 2.45) is 0 Å². The Balaban J connectivity index is 2.08. The van der Waals surface area contributed by atoms with E-state index in [-0.39, 0.29) is 0 Å². The molecule has 0 aliphatic rings. The first-order valence-electron chi connectivity index (χ1n) is 5.81. The maximum Gasteiger partial charge on any atom is 0.124 e. The van der Waals surface area contributed by atoms with Gasteiger partial charge in [0.2, 0.25) is 0 Å². The summed E-state index contributed by atoms with van der Waals surface area (Å²) in [4.78, 5) is 1.26. The molecule has 18 heavy (non-hydrogen) atoms. The zero-order chi connectivity index (χ0) is 13.0. The smallest absolute Gasteiger partial charge is 0.124 e. The number of ether oxygens (including phenoxy) is 1. The van der Waals surface area contributed by atoms with Gasteiger partial charge in [0.05, 0.1) is 7.11 Å². The van der Waals surface area contributed by atoms with Crippen molar-refractivity contribution in [3.63, 3.8) is 0 Å². The Morgan fingerprint density at radius 1 is 1.11 bits per heavy atom. The van der Waals surface area contributed by atoms with Crippen LogP contribution in [-0.4, -0.2) is 7.11 Å². The van der Waals surface area contributed by atoms with Gasteiger partial charge < -0.3 is 10.5 Å². The molecule has 0 fully saturated rings. The van der Waals surface area contributed by atoms with Crippen molar-refractivity contribution in [3.8, 4) is 5.75 Å². The van der Waals surface area contributed by atoms with Crippen LogP contribution in [0.5, 0.6) is 5.75 Å². The number of hydrogen-bond donors (Lipinski definition) is 1. The zero-order valence-electron chi connectivity index (χ0n) is 10.6. The lowest BCUT2D eigenvalue weighted by atomic mass is 10.2. The van der Waals surface area contributed by atoms with Crippen LogP contribution in [0.3, 0.4) is 0 Å². The summed E-state index contributed by atoms with van der Waals surface area (Å²) in [6.07, 6.45) is 0. The minimum atomic E-state index is 0.732. The largest absolute Gasteiger partial charge is 0.496 e. The van der Waals surface area contributed by atoms with Gasteiger partial charge in [0, 0.05) is 28.0 Å². The molecule has 0 amide bonds. The maximum atomic E-state index is 5.74. The van der Waals surface area contributed by atoms with Crippen molar-refractivity contribution in [2.45, 2.75) is 17.6 Å². The first-order valence-corrected chi connectivity index (χ1v) is 6.79. The highest BCUT2D eigenvalue weighted by molar-refractivity contribution is 7.98. The van der Waals surface area contributed by atoms with Crippen LogP contribution < -0.4 is 10.5 Å². The van der Waals surface area contributed by atoms with Gasteiger partial charge in [-0.05, 0) is 25.1 Å². The Bertz CT molecular complexity index is 523. The van der Waals surface area contributed by atoms with Gasteiger partial charge in [-0.15, -0.1) is 11.8 Å². The fourth-order valence-electron chi connectivity index (χ4n) is 1.68. The molecule has 0 aliphatic carbocycles. The third kappa shape index (κ3) is 3.20. The third-order valence-electron chi connectivity index (χ3n) is 2.73. The molecule has 0 aliphatic heterocycles. The second kappa shape index (κ2) is 5.83. The van der Waals surface area contributed by atoms with Gasteiger partial charge >= 0.3 is 0 Å². The molecular weight excluding hydrogens is 242 g/mol. The highest BCUT2D eigenvalue weighted by Gasteiger charge is 2.04. The second-order valence-electron chi connectivity index (χ2n) is 4.17. The molecule has 0 bridgehead atoms. The number of anilines is 1. The Morgan fingerprint density at radius 3 is 2.50 bits per heavy atom. The fraction of sp³-hybridized carbons (Fsp3) is 0.200. The summed E-state index contributed by atoms with van der Waals surface area (Å²) >= 11 is 1.80. The van der Waals surface area contributed by atoms with Crippen LogP contribution in [0.4, 0.5) is 5.69 Å². The van der Waals surface area contributed by atoms with Gasteiger partial charge in [0.1, 0.15) is 5.75 Å². The molecule has 0 unspecified atom stereocenters. The Labute approximate surface area is 112 Å². The van der Waals surface area contributed by atoms with Crippen LogP contribution in [0.15, 0.2) is 47.4 Å². The van der Waals surface area contributed by atoms with E-state index in [0.717, 1.165) is 22.8 Å². The van der Waals surface area contributed by atoms with Crippen LogP contribution in [0.25, 0.3) is 0 Å². The molecule has 94 valence electrons. The van der Waals surface area contributed by atoms with Crippen molar-refractivity contribution in [1.29, 1.82) is 0 Å². The highest BCUT2D eigenvalue weighted by Crippen LogP contribution is 2.29. The monoisotopic (exact) mass is 259 g/mol. The predicted octanol–water partition coefficient (Wildman–Crippen LogP) is 3.88. The van der Waals surface area contributed by atoms with Crippen LogP contribution >= 0.6 is 11.8 Å².